The van der Waals surface area contributed by atoms with Crippen molar-refractivity contribution in [2.75, 3.05) is 13.1 Å². The molecular weight excluding hydrogens is 334 g/mol. The summed E-state index contributed by atoms with van der Waals surface area (Å²) < 4.78 is 5.43. The number of piperidine rings is 1. The minimum Gasteiger partial charge on any atom is -0.444 e. The first-order valence-corrected chi connectivity index (χ1v) is 8.77. The Morgan fingerprint density at radius 1 is 1.27 bits per heavy atom. The molecule has 3 rings (SSSR count). The Morgan fingerprint density at radius 3 is 2.46 bits per heavy atom. The molecule has 1 aromatic heterocycles. The summed E-state index contributed by atoms with van der Waals surface area (Å²) in [5.41, 5.74) is -0.687. The van der Waals surface area contributed by atoms with Crippen molar-refractivity contribution in [3.05, 3.63) is 41.7 Å². The molecule has 1 amide bonds. The second-order valence-corrected chi connectivity index (χ2v) is 7.68. The van der Waals surface area contributed by atoms with Crippen LogP contribution in [0.25, 0.3) is 0 Å². The number of nitrogens with one attached hydrogen (secondary N) is 1. The van der Waals surface area contributed by atoms with E-state index in [1.807, 2.05) is 51.1 Å². The number of H-pyrrole nitrogens is 1. The molecule has 140 valence electrons. The van der Waals surface area contributed by atoms with Crippen molar-refractivity contribution in [2.45, 2.75) is 50.7 Å². The predicted molar refractivity (Wildman–Crippen MR) is 94.5 cm³/mol. The molecule has 0 radical (unpaired) electrons. The van der Waals surface area contributed by atoms with Crippen molar-refractivity contribution >= 4 is 6.09 Å². The maximum absolute atomic E-state index is 12.3. The number of aliphatic hydroxyl groups is 1. The molecular formula is C18H25N5O3. The van der Waals surface area contributed by atoms with Crippen molar-refractivity contribution in [3.63, 3.8) is 0 Å². The van der Waals surface area contributed by atoms with Crippen molar-refractivity contribution in [1.82, 2.24) is 25.5 Å². The molecule has 1 saturated heterocycles. The summed E-state index contributed by atoms with van der Waals surface area (Å²) in [6.07, 6.45) is 0.455. The molecule has 26 heavy (non-hydrogen) atoms. The van der Waals surface area contributed by atoms with Gasteiger partial charge in [-0.15, -0.1) is 10.2 Å². The monoisotopic (exact) mass is 359 g/mol. The van der Waals surface area contributed by atoms with E-state index in [1.165, 1.54) is 0 Å². The van der Waals surface area contributed by atoms with E-state index in [1.54, 1.807) is 4.90 Å². The maximum atomic E-state index is 12.3. The summed E-state index contributed by atoms with van der Waals surface area (Å²) in [5, 5.41) is 25.7. The number of likely N-dealkylation sites (tertiary alicyclic amines) is 1. The van der Waals surface area contributed by atoms with Crippen LogP contribution < -0.4 is 0 Å². The molecule has 2 heterocycles. The number of tetrazole rings is 1. The van der Waals surface area contributed by atoms with Crippen LogP contribution in [0, 0.1) is 0 Å². The lowest BCUT2D eigenvalue weighted by molar-refractivity contribution is -0.0426. The van der Waals surface area contributed by atoms with E-state index in [-0.39, 0.29) is 6.09 Å². The van der Waals surface area contributed by atoms with E-state index in [9.17, 15) is 9.90 Å². The third-order valence-corrected chi connectivity index (χ3v) is 4.57. The largest absolute Gasteiger partial charge is 0.444 e. The molecule has 1 fully saturated rings. The highest BCUT2D eigenvalue weighted by molar-refractivity contribution is 5.68. The molecule has 2 aromatic rings. The van der Waals surface area contributed by atoms with E-state index in [0.717, 1.165) is 5.56 Å². The Labute approximate surface area is 152 Å². The van der Waals surface area contributed by atoms with Gasteiger partial charge >= 0.3 is 6.09 Å². The Hall–Kier alpha value is -2.48. The number of benzene rings is 1. The Balaban J connectivity index is 1.78. The molecule has 1 unspecified atom stereocenters. The fourth-order valence-electron chi connectivity index (χ4n) is 3.33. The Morgan fingerprint density at radius 2 is 1.92 bits per heavy atom. The first-order chi connectivity index (χ1) is 12.3. The van der Waals surface area contributed by atoms with Crippen LogP contribution in [0.15, 0.2) is 30.3 Å². The van der Waals surface area contributed by atoms with Crippen molar-refractivity contribution in [1.29, 1.82) is 0 Å². The normalized spacial score (nSPS) is 18.4. The maximum Gasteiger partial charge on any atom is 0.410 e. The number of rotatable bonds is 3. The van der Waals surface area contributed by atoms with Crippen LogP contribution in [-0.4, -0.2) is 61.0 Å². The van der Waals surface area contributed by atoms with Crippen molar-refractivity contribution in [3.8, 4) is 0 Å². The van der Waals surface area contributed by atoms with Crippen LogP contribution in [0.2, 0.25) is 0 Å². The van der Waals surface area contributed by atoms with E-state index in [4.69, 9.17) is 4.74 Å². The molecule has 1 aromatic carbocycles. The fourth-order valence-corrected chi connectivity index (χ4v) is 3.33. The average molecular weight is 359 g/mol. The lowest BCUT2D eigenvalue weighted by Gasteiger charge is -2.42. The zero-order valence-corrected chi connectivity index (χ0v) is 15.3. The highest BCUT2D eigenvalue weighted by Crippen LogP contribution is 2.40. The highest BCUT2D eigenvalue weighted by Gasteiger charge is 2.44. The first kappa shape index (κ1) is 18.3. The number of hydrogen-bond acceptors (Lipinski definition) is 6. The topological polar surface area (TPSA) is 104 Å². The van der Waals surface area contributed by atoms with Crippen LogP contribution in [-0.2, 0) is 4.74 Å². The second kappa shape index (κ2) is 7.03. The van der Waals surface area contributed by atoms with Gasteiger partial charge in [-0.3, -0.25) is 0 Å². The molecule has 8 heteroatoms. The summed E-state index contributed by atoms with van der Waals surface area (Å²) >= 11 is 0. The molecule has 1 aliphatic rings. The lowest BCUT2D eigenvalue weighted by Crippen LogP contribution is -2.51. The predicted octanol–water partition coefficient (Wildman–Crippen LogP) is 2.09. The summed E-state index contributed by atoms with van der Waals surface area (Å²) in [4.78, 5) is 13.9. The lowest BCUT2D eigenvalue weighted by atomic mass is 9.75. The first-order valence-electron chi connectivity index (χ1n) is 8.77. The fraction of sp³-hybridized carbons (Fsp3) is 0.556. The van der Waals surface area contributed by atoms with Gasteiger partial charge in [-0.25, -0.2) is 4.79 Å². The van der Waals surface area contributed by atoms with Crippen LogP contribution in [0.4, 0.5) is 4.79 Å². The number of ether oxygens (including phenoxy) is 1. The third-order valence-electron chi connectivity index (χ3n) is 4.57. The van der Waals surface area contributed by atoms with Gasteiger partial charge in [-0.05, 0) is 39.2 Å². The molecule has 8 nitrogen and oxygen atoms in total. The summed E-state index contributed by atoms with van der Waals surface area (Å²) in [5.74, 6) is 0.0349. The van der Waals surface area contributed by atoms with Crippen LogP contribution >= 0.6 is 0 Å². The second-order valence-electron chi connectivity index (χ2n) is 7.68. The third kappa shape index (κ3) is 4.01. The van der Waals surface area contributed by atoms with Gasteiger partial charge in [0.25, 0.3) is 0 Å². The Kier molecular flexibility index (Phi) is 4.95. The molecule has 2 N–H and O–H groups in total. The number of amides is 1. The van der Waals surface area contributed by atoms with E-state index < -0.39 is 17.1 Å². The summed E-state index contributed by atoms with van der Waals surface area (Å²) in [6.45, 7) is 6.34. The van der Waals surface area contributed by atoms with Crippen LogP contribution in [0.3, 0.4) is 0 Å². The SMILES string of the molecule is CC(C)(C)OC(=O)N1CCC(O)(C(c2ccccc2)c2nn[nH]n2)CC1. The quantitative estimate of drug-likeness (QED) is 0.870. The Bertz CT molecular complexity index is 719. The number of aromatic nitrogens is 4. The summed E-state index contributed by atoms with van der Waals surface area (Å²) in [7, 11) is 0. The van der Waals surface area contributed by atoms with Crippen LogP contribution in [0.5, 0.6) is 0 Å². The molecule has 0 aliphatic carbocycles. The van der Waals surface area contributed by atoms with Gasteiger partial charge in [-0.1, -0.05) is 35.5 Å². The van der Waals surface area contributed by atoms with E-state index >= 15 is 0 Å². The van der Waals surface area contributed by atoms with Gasteiger partial charge in [-0.2, -0.15) is 5.21 Å². The standard InChI is InChI=1S/C18H25N5O3/c1-17(2,3)26-16(24)23-11-9-18(25,10-12-23)14(15-19-21-22-20-15)13-7-5-4-6-8-13/h4-8,14,25H,9-12H2,1-3H3,(H,19,20,21,22). The zero-order valence-electron chi connectivity index (χ0n) is 15.3. The van der Waals surface area contributed by atoms with E-state index in [0.29, 0.717) is 31.8 Å². The zero-order chi connectivity index (χ0) is 18.8. The minimum atomic E-state index is -1.07. The number of carbonyl (C=O) groups is 1. The minimum absolute atomic E-state index is 0.352. The van der Waals surface area contributed by atoms with Crippen molar-refractivity contribution < 1.29 is 14.6 Å². The number of nitrogens with zero attached hydrogens (tertiary/aromatic N) is 4. The van der Waals surface area contributed by atoms with Gasteiger partial charge in [0.15, 0.2) is 5.82 Å². The van der Waals surface area contributed by atoms with Gasteiger partial charge < -0.3 is 14.7 Å². The smallest absolute Gasteiger partial charge is 0.410 e. The number of carbonyl (C=O) groups excluding carboxylic acids is 1. The molecule has 1 aliphatic heterocycles. The van der Waals surface area contributed by atoms with Gasteiger partial charge in [0, 0.05) is 13.1 Å². The molecule has 0 saturated carbocycles. The summed E-state index contributed by atoms with van der Waals surface area (Å²) in [6, 6.07) is 9.65. The average Bonchev–Trinajstić information content (AvgIpc) is 3.09. The van der Waals surface area contributed by atoms with Gasteiger partial charge in [0.05, 0.1) is 11.5 Å². The highest BCUT2D eigenvalue weighted by atomic mass is 16.6. The van der Waals surface area contributed by atoms with Gasteiger partial charge in [0.1, 0.15) is 5.60 Å². The van der Waals surface area contributed by atoms with Crippen LogP contribution in [0.1, 0.15) is 50.9 Å². The van der Waals surface area contributed by atoms with E-state index in [2.05, 4.69) is 20.6 Å². The van der Waals surface area contributed by atoms with Gasteiger partial charge in [0.2, 0.25) is 0 Å². The number of hydrogen-bond donors (Lipinski definition) is 2. The molecule has 0 spiro atoms. The molecule has 0 bridgehead atoms. The van der Waals surface area contributed by atoms with Crippen molar-refractivity contribution in [2.24, 2.45) is 0 Å². The molecule has 1 atom stereocenters. The number of aromatic amines is 1.